The molecule has 4 aromatic carbocycles. The number of hydrogen-bond acceptors (Lipinski definition) is 9. The zero-order valence-corrected chi connectivity index (χ0v) is 26.5. The quantitative estimate of drug-likeness (QED) is 0.103. The molecule has 0 fully saturated rings. The molecule has 1 aliphatic heterocycles. The molecule has 0 amide bonds. The fourth-order valence-corrected chi connectivity index (χ4v) is 6.52. The number of benzene rings is 4. The Morgan fingerprint density at radius 1 is 0.915 bits per heavy atom. The molecular weight excluding hydrogens is 664 g/mol. The third kappa shape index (κ3) is 4.83. The average molecular weight is 688 g/mol. The zero-order valence-electron chi connectivity index (χ0n) is 24.9. The minimum atomic E-state index is -0.778. The normalized spacial score (nSPS) is 13.6. The SMILES string of the molecule is COc1cc(C2c3c(c4ccccc4oc3=O)Oc3ncn4nc(-c5ccc(-c6ccccc6)cc5)nc4c32)cc(Br)c1OC(C)=O. The maximum Gasteiger partial charge on any atom is 0.344 e. The van der Waals surface area contributed by atoms with Gasteiger partial charge in [-0.3, -0.25) is 4.79 Å². The van der Waals surface area contributed by atoms with E-state index >= 15 is 0 Å². The van der Waals surface area contributed by atoms with Gasteiger partial charge in [0.1, 0.15) is 11.9 Å². The molecule has 8 rings (SSSR count). The summed E-state index contributed by atoms with van der Waals surface area (Å²) < 4.78 is 25.3. The summed E-state index contributed by atoms with van der Waals surface area (Å²) in [4.78, 5) is 35.3. The highest BCUT2D eigenvalue weighted by atomic mass is 79.9. The molecule has 1 atom stereocenters. The first-order chi connectivity index (χ1) is 22.9. The van der Waals surface area contributed by atoms with Crippen molar-refractivity contribution in [3.05, 3.63) is 129 Å². The Bertz CT molecular complexity index is 2420. The van der Waals surface area contributed by atoms with Crippen LogP contribution < -0.4 is 19.8 Å². The fraction of sp³-hybridized carbons (Fsp3) is 0.0833. The van der Waals surface area contributed by atoms with Crippen LogP contribution in [0.25, 0.3) is 39.1 Å². The Morgan fingerprint density at radius 3 is 2.40 bits per heavy atom. The van der Waals surface area contributed by atoms with Crippen molar-refractivity contribution in [2.75, 3.05) is 7.11 Å². The Labute approximate surface area is 275 Å². The molecule has 0 bridgehead atoms. The molecule has 0 spiro atoms. The number of esters is 1. The number of carbonyl (C=O) groups is 1. The van der Waals surface area contributed by atoms with E-state index in [-0.39, 0.29) is 22.9 Å². The smallest absolute Gasteiger partial charge is 0.344 e. The van der Waals surface area contributed by atoms with Crippen molar-refractivity contribution in [2.45, 2.75) is 12.8 Å². The average Bonchev–Trinajstić information content (AvgIpc) is 3.53. The number of methoxy groups -OCH3 is 1. The number of carbonyl (C=O) groups excluding carboxylic acids is 1. The highest BCUT2D eigenvalue weighted by Gasteiger charge is 2.38. The molecule has 0 aliphatic carbocycles. The molecule has 0 N–H and O–H groups in total. The van der Waals surface area contributed by atoms with Gasteiger partial charge in [-0.2, -0.15) is 0 Å². The molecule has 1 unspecified atom stereocenters. The lowest BCUT2D eigenvalue weighted by Gasteiger charge is -2.28. The van der Waals surface area contributed by atoms with E-state index in [9.17, 15) is 9.59 Å². The maximum atomic E-state index is 13.8. The lowest BCUT2D eigenvalue weighted by Crippen LogP contribution is -2.22. The molecule has 0 saturated heterocycles. The number of fused-ring (bicyclic) bond motifs is 6. The highest BCUT2D eigenvalue weighted by molar-refractivity contribution is 9.10. The van der Waals surface area contributed by atoms with Gasteiger partial charge in [0.15, 0.2) is 28.7 Å². The third-order valence-electron chi connectivity index (χ3n) is 8.04. The summed E-state index contributed by atoms with van der Waals surface area (Å²) in [5, 5.41) is 5.36. The Hall–Kier alpha value is -5.81. The van der Waals surface area contributed by atoms with Gasteiger partial charge in [0.2, 0.25) is 5.88 Å². The van der Waals surface area contributed by atoms with Gasteiger partial charge in [0.05, 0.1) is 34.0 Å². The van der Waals surface area contributed by atoms with Crippen LogP contribution in [0.4, 0.5) is 0 Å². The number of para-hydroxylation sites is 1. The van der Waals surface area contributed by atoms with E-state index < -0.39 is 17.5 Å². The van der Waals surface area contributed by atoms with Crippen molar-refractivity contribution < 1.29 is 23.4 Å². The van der Waals surface area contributed by atoms with Crippen molar-refractivity contribution in [1.82, 2.24) is 19.6 Å². The van der Waals surface area contributed by atoms with Crippen LogP contribution >= 0.6 is 15.9 Å². The minimum absolute atomic E-state index is 0.210. The number of hydrogen-bond donors (Lipinski definition) is 0. The summed E-state index contributed by atoms with van der Waals surface area (Å²) >= 11 is 3.54. The summed E-state index contributed by atoms with van der Waals surface area (Å²) in [6.07, 6.45) is 1.54. The van der Waals surface area contributed by atoms with E-state index in [1.165, 1.54) is 14.0 Å². The summed E-state index contributed by atoms with van der Waals surface area (Å²) in [6, 6.07) is 28.7. The second kappa shape index (κ2) is 11.2. The van der Waals surface area contributed by atoms with Gasteiger partial charge >= 0.3 is 11.6 Å². The van der Waals surface area contributed by atoms with Crippen LogP contribution in [0, 0.1) is 0 Å². The van der Waals surface area contributed by atoms with Crippen molar-refractivity contribution >= 4 is 38.5 Å². The van der Waals surface area contributed by atoms with Gasteiger partial charge in [-0.15, -0.1) is 5.10 Å². The lowest BCUT2D eigenvalue weighted by atomic mass is 9.84. The minimum Gasteiger partial charge on any atom is -0.493 e. The largest absolute Gasteiger partial charge is 0.493 e. The van der Waals surface area contributed by atoms with Gasteiger partial charge < -0.3 is 18.6 Å². The van der Waals surface area contributed by atoms with E-state index in [2.05, 4.69) is 33.0 Å². The second-order valence-corrected chi connectivity index (χ2v) is 11.8. The van der Waals surface area contributed by atoms with Gasteiger partial charge in [0, 0.05) is 12.5 Å². The molecular formula is C36H23BrN4O6. The standard InChI is InChI=1S/C36H23BrN4O6/c1-19(42)45-32-25(37)16-23(17-27(32)44-2)28-29-31(24-10-6-7-11-26(24)46-36(29)43)47-35-30(28)34-39-33(40-41(34)18-38-35)22-14-12-21(13-15-22)20-8-4-3-5-9-20/h3-18,28H,1-2H3. The number of ether oxygens (including phenoxy) is 3. The third-order valence-corrected chi connectivity index (χ3v) is 8.63. The molecule has 11 heteroatoms. The number of halogens is 1. The van der Waals surface area contributed by atoms with E-state index in [1.54, 1.807) is 35.1 Å². The van der Waals surface area contributed by atoms with E-state index in [0.717, 1.165) is 16.7 Å². The molecule has 230 valence electrons. The first-order valence-corrected chi connectivity index (χ1v) is 15.4. The Morgan fingerprint density at radius 2 is 1.64 bits per heavy atom. The monoisotopic (exact) mass is 686 g/mol. The maximum absolute atomic E-state index is 13.8. The lowest BCUT2D eigenvalue weighted by molar-refractivity contribution is -0.132. The first kappa shape index (κ1) is 28.6. The Balaban J connectivity index is 1.35. The molecule has 7 aromatic rings. The topological polar surface area (TPSA) is 118 Å². The van der Waals surface area contributed by atoms with Crippen LogP contribution in [0.5, 0.6) is 23.1 Å². The van der Waals surface area contributed by atoms with Crippen molar-refractivity contribution in [1.29, 1.82) is 0 Å². The predicted molar refractivity (Wildman–Crippen MR) is 177 cm³/mol. The molecule has 10 nitrogen and oxygen atoms in total. The van der Waals surface area contributed by atoms with Crippen LogP contribution in [0.15, 0.2) is 111 Å². The fourth-order valence-electron chi connectivity index (χ4n) is 5.98. The number of rotatable bonds is 5. The summed E-state index contributed by atoms with van der Waals surface area (Å²) in [5.41, 5.74) is 4.61. The first-order valence-electron chi connectivity index (χ1n) is 14.6. The van der Waals surface area contributed by atoms with E-state index in [4.69, 9.17) is 28.7 Å². The van der Waals surface area contributed by atoms with Crippen molar-refractivity contribution in [3.8, 4) is 45.6 Å². The zero-order chi connectivity index (χ0) is 32.2. The van der Waals surface area contributed by atoms with Crippen LogP contribution in [0.3, 0.4) is 0 Å². The highest BCUT2D eigenvalue weighted by Crippen LogP contribution is 2.51. The number of nitrogens with zero attached hydrogens (tertiary/aromatic N) is 4. The van der Waals surface area contributed by atoms with Gasteiger partial charge in [-0.25, -0.2) is 19.3 Å². The van der Waals surface area contributed by atoms with E-state index in [0.29, 0.717) is 43.8 Å². The summed E-state index contributed by atoms with van der Waals surface area (Å²) in [5.74, 6) is 0.278. The molecule has 4 heterocycles. The van der Waals surface area contributed by atoms with Crippen LogP contribution in [0.2, 0.25) is 0 Å². The van der Waals surface area contributed by atoms with Crippen molar-refractivity contribution in [3.63, 3.8) is 0 Å². The summed E-state index contributed by atoms with van der Waals surface area (Å²) in [7, 11) is 1.47. The predicted octanol–water partition coefficient (Wildman–Crippen LogP) is 7.55. The van der Waals surface area contributed by atoms with Gasteiger partial charge in [0.25, 0.3) is 0 Å². The molecule has 3 aromatic heterocycles. The summed E-state index contributed by atoms with van der Waals surface area (Å²) in [6.45, 7) is 1.31. The van der Waals surface area contributed by atoms with Crippen LogP contribution in [-0.4, -0.2) is 32.7 Å². The Kier molecular flexibility index (Phi) is 6.84. The second-order valence-electron chi connectivity index (χ2n) is 10.9. The van der Waals surface area contributed by atoms with Crippen molar-refractivity contribution in [2.24, 2.45) is 0 Å². The van der Waals surface area contributed by atoms with Crippen LogP contribution in [0.1, 0.15) is 29.5 Å². The van der Waals surface area contributed by atoms with Gasteiger partial charge in [-0.05, 0) is 56.9 Å². The molecule has 47 heavy (non-hydrogen) atoms. The van der Waals surface area contributed by atoms with Crippen LogP contribution in [-0.2, 0) is 4.79 Å². The molecule has 0 radical (unpaired) electrons. The molecule has 0 saturated carbocycles. The number of aromatic nitrogens is 4. The molecule has 1 aliphatic rings. The van der Waals surface area contributed by atoms with E-state index in [1.807, 2.05) is 54.6 Å². The van der Waals surface area contributed by atoms with Gasteiger partial charge in [-0.1, -0.05) is 66.7 Å².